The van der Waals surface area contributed by atoms with E-state index in [1.54, 1.807) is 12.1 Å². The van der Waals surface area contributed by atoms with E-state index in [0.29, 0.717) is 5.56 Å². The molecule has 122 valence electrons. The van der Waals surface area contributed by atoms with Crippen molar-refractivity contribution in [2.24, 2.45) is 4.99 Å². The maximum atomic E-state index is 12.3. The molecule has 0 bridgehead atoms. The molecule has 0 radical (unpaired) electrons. The number of rotatable bonds is 1. The van der Waals surface area contributed by atoms with Gasteiger partial charge in [-0.05, 0) is 23.1 Å². The van der Waals surface area contributed by atoms with Crippen molar-refractivity contribution in [1.29, 1.82) is 0 Å². The molecule has 1 saturated heterocycles. The minimum atomic E-state index is -0.490. The van der Waals surface area contributed by atoms with Crippen LogP contribution < -0.4 is 0 Å². The summed E-state index contributed by atoms with van der Waals surface area (Å²) < 4.78 is 0. The first-order chi connectivity index (χ1) is 10.6. The Morgan fingerprint density at radius 1 is 1.04 bits per heavy atom. The van der Waals surface area contributed by atoms with E-state index in [2.05, 4.69) is 25.8 Å². The molecule has 1 aromatic rings. The number of carbonyl (C=O) groups is 3. The van der Waals surface area contributed by atoms with Gasteiger partial charge in [-0.25, -0.2) is 4.79 Å². The van der Waals surface area contributed by atoms with Gasteiger partial charge < -0.3 is 0 Å². The standard InChI is InChI=1S/C17H21N3O3/c1-17(2,3)12-8-6-11(7-9-12)15(22)18-13-10-14(21)20(5)16(23)19(13)4/h6-9H,10H2,1-5H3. The second kappa shape index (κ2) is 5.95. The zero-order valence-electron chi connectivity index (χ0n) is 14.1. The minimum Gasteiger partial charge on any atom is -0.284 e. The lowest BCUT2D eigenvalue weighted by molar-refractivity contribution is -0.127. The molecule has 2 rings (SSSR count). The molecule has 1 heterocycles. The highest BCUT2D eigenvalue weighted by molar-refractivity contribution is 6.18. The first kappa shape index (κ1) is 16.9. The molecule has 4 amide bonds. The molecule has 0 aliphatic carbocycles. The Labute approximate surface area is 135 Å². The van der Waals surface area contributed by atoms with Crippen LogP contribution in [0.4, 0.5) is 4.79 Å². The third-order valence-corrected chi connectivity index (χ3v) is 3.87. The highest BCUT2D eigenvalue weighted by Crippen LogP contribution is 2.22. The van der Waals surface area contributed by atoms with Crippen molar-refractivity contribution in [3.63, 3.8) is 0 Å². The van der Waals surface area contributed by atoms with Crippen LogP contribution in [0.2, 0.25) is 0 Å². The molecule has 1 fully saturated rings. The van der Waals surface area contributed by atoms with Gasteiger partial charge in [0.1, 0.15) is 5.84 Å². The van der Waals surface area contributed by atoms with E-state index in [0.717, 1.165) is 10.5 Å². The summed E-state index contributed by atoms with van der Waals surface area (Å²) in [7, 11) is 2.91. The van der Waals surface area contributed by atoms with Crippen molar-refractivity contribution < 1.29 is 14.4 Å². The highest BCUT2D eigenvalue weighted by atomic mass is 16.2. The van der Waals surface area contributed by atoms with Crippen LogP contribution in [0.15, 0.2) is 29.3 Å². The second-order valence-electron chi connectivity index (χ2n) is 6.63. The number of hydrogen-bond donors (Lipinski definition) is 0. The van der Waals surface area contributed by atoms with Crippen molar-refractivity contribution in [3.05, 3.63) is 35.4 Å². The molecule has 6 nitrogen and oxygen atoms in total. The van der Waals surface area contributed by atoms with E-state index in [1.165, 1.54) is 19.0 Å². The van der Waals surface area contributed by atoms with E-state index in [1.807, 2.05) is 12.1 Å². The van der Waals surface area contributed by atoms with Gasteiger partial charge in [0, 0.05) is 19.7 Å². The lowest BCUT2D eigenvalue weighted by atomic mass is 9.87. The summed E-state index contributed by atoms with van der Waals surface area (Å²) in [5, 5.41) is 0. The van der Waals surface area contributed by atoms with Crippen molar-refractivity contribution in [2.45, 2.75) is 32.6 Å². The molecule has 0 spiro atoms. The van der Waals surface area contributed by atoms with Crippen molar-refractivity contribution in [3.8, 4) is 0 Å². The number of hydrogen-bond acceptors (Lipinski definition) is 3. The third-order valence-electron chi connectivity index (χ3n) is 3.87. The summed E-state index contributed by atoms with van der Waals surface area (Å²) in [4.78, 5) is 42.0. The number of carbonyl (C=O) groups excluding carboxylic acids is 3. The van der Waals surface area contributed by atoms with E-state index in [9.17, 15) is 14.4 Å². The van der Waals surface area contributed by atoms with Crippen LogP contribution in [0.25, 0.3) is 0 Å². The van der Waals surface area contributed by atoms with Crippen LogP contribution in [-0.4, -0.2) is 47.6 Å². The smallest absolute Gasteiger partial charge is 0.284 e. The van der Waals surface area contributed by atoms with Gasteiger partial charge >= 0.3 is 6.03 Å². The number of benzene rings is 1. The predicted molar refractivity (Wildman–Crippen MR) is 87.5 cm³/mol. The third kappa shape index (κ3) is 3.47. The van der Waals surface area contributed by atoms with E-state index >= 15 is 0 Å². The van der Waals surface area contributed by atoms with Crippen LogP contribution in [-0.2, 0) is 10.2 Å². The molecule has 0 atom stereocenters. The summed E-state index contributed by atoms with van der Waals surface area (Å²) in [6.45, 7) is 6.28. The summed E-state index contributed by atoms with van der Waals surface area (Å²) in [5.41, 5.74) is 1.54. The van der Waals surface area contributed by atoms with E-state index < -0.39 is 11.9 Å². The summed E-state index contributed by atoms with van der Waals surface area (Å²) in [6.07, 6.45) is -0.0649. The molecular formula is C17H21N3O3. The number of imide groups is 1. The largest absolute Gasteiger partial charge is 0.331 e. The maximum Gasteiger partial charge on any atom is 0.331 e. The lowest BCUT2D eigenvalue weighted by Gasteiger charge is -2.29. The van der Waals surface area contributed by atoms with Crippen molar-refractivity contribution in [2.75, 3.05) is 14.1 Å². The Bertz CT molecular complexity index is 684. The zero-order chi connectivity index (χ0) is 17.4. The fourth-order valence-electron chi connectivity index (χ4n) is 2.22. The molecule has 0 N–H and O–H groups in total. The predicted octanol–water partition coefficient (Wildman–Crippen LogP) is 2.44. The lowest BCUT2D eigenvalue weighted by Crippen LogP contribution is -2.51. The molecule has 0 unspecified atom stereocenters. The molecular weight excluding hydrogens is 294 g/mol. The number of amidine groups is 1. The Balaban J connectivity index is 2.24. The van der Waals surface area contributed by atoms with Gasteiger partial charge in [-0.15, -0.1) is 0 Å². The Morgan fingerprint density at radius 2 is 1.61 bits per heavy atom. The minimum absolute atomic E-state index is 0.000477. The summed E-state index contributed by atoms with van der Waals surface area (Å²) in [5.74, 6) is -0.664. The fraction of sp³-hybridized carbons (Fsp3) is 0.412. The summed E-state index contributed by atoms with van der Waals surface area (Å²) in [6, 6.07) is 6.72. The quantitative estimate of drug-likeness (QED) is 0.799. The van der Waals surface area contributed by atoms with Crippen LogP contribution >= 0.6 is 0 Å². The topological polar surface area (TPSA) is 70.1 Å². The molecule has 23 heavy (non-hydrogen) atoms. The van der Waals surface area contributed by atoms with Crippen molar-refractivity contribution >= 4 is 23.7 Å². The maximum absolute atomic E-state index is 12.3. The van der Waals surface area contributed by atoms with Gasteiger partial charge in [0.15, 0.2) is 0 Å². The van der Waals surface area contributed by atoms with Crippen LogP contribution in [0.1, 0.15) is 43.1 Å². The van der Waals surface area contributed by atoms with Gasteiger partial charge in [0.05, 0.1) is 6.42 Å². The van der Waals surface area contributed by atoms with Crippen LogP contribution in [0.3, 0.4) is 0 Å². The van der Waals surface area contributed by atoms with Crippen molar-refractivity contribution in [1.82, 2.24) is 9.80 Å². The molecule has 6 heteroatoms. The highest BCUT2D eigenvalue weighted by Gasteiger charge is 2.32. The normalized spacial score (nSPS) is 17.9. The molecule has 0 aromatic heterocycles. The van der Waals surface area contributed by atoms with Crippen LogP contribution in [0.5, 0.6) is 0 Å². The first-order valence-corrected chi connectivity index (χ1v) is 7.38. The molecule has 0 saturated carbocycles. The monoisotopic (exact) mass is 315 g/mol. The summed E-state index contributed by atoms with van der Waals surface area (Å²) >= 11 is 0. The number of nitrogens with zero attached hydrogens (tertiary/aromatic N) is 3. The molecule has 1 aromatic carbocycles. The average Bonchev–Trinajstić information content (AvgIpc) is 2.49. The fourth-order valence-corrected chi connectivity index (χ4v) is 2.22. The van der Waals surface area contributed by atoms with E-state index in [-0.39, 0.29) is 23.6 Å². The number of aliphatic imine (C=N–C) groups is 1. The Hall–Kier alpha value is -2.50. The van der Waals surface area contributed by atoms with Gasteiger partial charge in [-0.2, -0.15) is 4.99 Å². The molecule has 1 aliphatic rings. The number of urea groups is 1. The zero-order valence-corrected chi connectivity index (χ0v) is 14.1. The van der Waals surface area contributed by atoms with Gasteiger partial charge in [0.2, 0.25) is 5.91 Å². The SMILES string of the molecule is CN1C(=O)CC(=NC(=O)c2ccc(C(C)(C)C)cc2)N(C)C1=O. The van der Waals surface area contributed by atoms with E-state index in [4.69, 9.17) is 0 Å². The van der Waals surface area contributed by atoms with Gasteiger partial charge in [-0.3, -0.25) is 19.4 Å². The first-order valence-electron chi connectivity index (χ1n) is 7.38. The van der Waals surface area contributed by atoms with Crippen LogP contribution in [0, 0.1) is 0 Å². The Kier molecular flexibility index (Phi) is 4.36. The second-order valence-corrected chi connectivity index (χ2v) is 6.63. The Morgan fingerprint density at radius 3 is 2.13 bits per heavy atom. The van der Waals surface area contributed by atoms with Gasteiger partial charge in [0.25, 0.3) is 5.91 Å². The van der Waals surface area contributed by atoms with Gasteiger partial charge in [-0.1, -0.05) is 32.9 Å². The average molecular weight is 315 g/mol. The molecule has 1 aliphatic heterocycles. The number of amides is 4.